The molecule has 1 atom stereocenters. The van der Waals surface area contributed by atoms with Crippen molar-refractivity contribution in [3.8, 4) is 0 Å². The van der Waals surface area contributed by atoms with E-state index < -0.39 is 5.97 Å². The molecule has 1 heterocycles. The summed E-state index contributed by atoms with van der Waals surface area (Å²) < 4.78 is 1.86. The first kappa shape index (κ1) is 19.9. The Kier molecular flexibility index (Phi) is 6.68. The zero-order valence-electron chi connectivity index (χ0n) is 16.3. The summed E-state index contributed by atoms with van der Waals surface area (Å²) in [5.74, 6) is -0.859. The van der Waals surface area contributed by atoms with Gasteiger partial charge in [0.25, 0.3) is 0 Å². The van der Waals surface area contributed by atoms with E-state index in [2.05, 4.69) is 15.7 Å². The lowest BCUT2D eigenvalue weighted by Crippen LogP contribution is -2.43. The van der Waals surface area contributed by atoms with Gasteiger partial charge in [-0.05, 0) is 49.7 Å². The molecule has 0 fully saturated rings. The lowest BCUT2D eigenvalue weighted by Gasteiger charge is -2.19. The molecule has 0 radical (unpaired) electrons. The van der Waals surface area contributed by atoms with Gasteiger partial charge in [-0.25, -0.2) is 4.79 Å². The zero-order valence-corrected chi connectivity index (χ0v) is 16.3. The molecule has 0 spiro atoms. The largest absolute Gasteiger partial charge is 0.481 e. The summed E-state index contributed by atoms with van der Waals surface area (Å²) in [5, 5.41) is 19.4. The molecule has 1 aromatic carbocycles. The van der Waals surface area contributed by atoms with Gasteiger partial charge in [0.1, 0.15) is 0 Å². The predicted octanol–water partition coefficient (Wildman–Crippen LogP) is 2.57. The van der Waals surface area contributed by atoms with Gasteiger partial charge in [-0.2, -0.15) is 5.10 Å². The third kappa shape index (κ3) is 5.34. The number of fused-ring (bicyclic) bond motifs is 1. The number of carbonyl (C=O) groups excluding carboxylic acids is 1. The first-order chi connectivity index (χ1) is 13.5. The maximum atomic E-state index is 12.5. The Balaban J connectivity index is 1.58. The number of aryl methyl sites for hydroxylation is 2. The number of carboxylic acids is 1. The fourth-order valence-corrected chi connectivity index (χ4v) is 3.79. The molecular formula is C21H28N4O3. The highest BCUT2D eigenvalue weighted by Crippen LogP contribution is 2.23. The summed E-state index contributed by atoms with van der Waals surface area (Å²) in [6.07, 6.45) is 5.35. The van der Waals surface area contributed by atoms with Crippen LogP contribution in [0.2, 0.25) is 0 Å². The number of rotatable bonds is 8. The average Bonchev–Trinajstić information content (AvgIpc) is 3.00. The van der Waals surface area contributed by atoms with Gasteiger partial charge < -0.3 is 15.7 Å². The van der Waals surface area contributed by atoms with Gasteiger partial charge in [-0.15, -0.1) is 0 Å². The third-order valence-electron chi connectivity index (χ3n) is 5.23. The number of aliphatic carboxylic acids is 1. The maximum absolute atomic E-state index is 12.5. The number of urea groups is 1. The number of aromatic nitrogens is 2. The van der Waals surface area contributed by atoms with Gasteiger partial charge in [-0.1, -0.05) is 30.3 Å². The fourth-order valence-electron chi connectivity index (χ4n) is 3.79. The third-order valence-corrected chi connectivity index (χ3v) is 5.23. The van der Waals surface area contributed by atoms with E-state index in [0.29, 0.717) is 19.4 Å². The number of nitrogens with zero attached hydrogens (tertiary/aromatic N) is 2. The molecule has 1 aliphatic rings. The van der Waals surface area contributed by atoms with E-state index >= 15 is 0 Å². The molecule has 28 heavy (non-hydrogen) atoms. The van der Waals surface area contributed by atoms with E-state index in [9.17, 15) is 9.59 Å². The minimum atomic E-state index is -0.859. The van der Waals surface area contributed by atoms with E-state index in [0.717, 1.165) is 36.2 Å². The molecular weight excluding hydrogens is 356 g/mol. The van der Waals surface area contributed by atoms with Crippen LogP contribution in [0.15, 0.2) is 30.3 Å². The van der Waals surface area contributed by atoms with Crippen molar-refractivity contribution in [2.45, 2.75) is 57.5 Å². The highest BCUT2D eigenvalue weighted by Gasteiger charge is 2.20. The maximum Gasteiger partial charge on any atom is 0.315 e. The van der Waals surface area contributed by atoms with Gasteiger partial charge in [0.15, 0.2) is 0 Å². The molecule has 2 amide bonds. The Bertz CT molecular complexity index is 817. The number of benzene rings is 1. The summed E-state index contributed by atoms with van der Waals surface area (Å²) in [4.78, 5) is 23.4. The molecule has 1 unspecified atom stereocenters. The molecule has 0 saturated carbocycles. The summed E-state index contributed by atoms with van der Waals surface area (Å²) in [7, 11) is 1.91. The van der Waals surface area contributed by atoms with Gasteiger partial charge in [0, 0.05) is 19.5 Å². The Labute approximate surface area is 165 Å². The average molecular weight is 384 g/mol. The van der Waals surface area contributed by atoms with Gasteiger partial charge in [-0.3, -0.25) is 9.48 Å². The number of hydrogen-bond acceptors (Lipinski definition) is 3. The highest BCUT2D eigenvalue weighted by molar-refractivity contribution is 5.74. The second kappa shape index (κ2) is 9.39. The van der Waals surface area contributed by atoms with Crippen LogP contribution in [0.25, 0.3) is 0 Å². The van der Waals surface area contributed by atoms with Gasteiger partial charge in [0.2, 0.25) is 0 Å². The first-order valence-corrected chi connectivity index (χ1v) is 9.86. The minimum Gasteiger partial charge on any atom is -0.481 e. The second-order valence-corrected chi connectivity index (χ2v) is 7.35. The van der Waals surface area contributed by atoms with Crippen molar-refractivity contribution in [3.05, 3.63) is 52.8 Å². The van der Waals surface area contributed by atoms with Crippen molar-refractivity contribution in [1.29, 1.82) is 0 Å². The standard InChI is InChI=1S/C21H28N4O3/c1-25-19(17-9-5-6-10-18(17)24-25)14-22-21(28)23-16(11-12-20(26)27)13-15-7-3-2-4-8-15/h2-4,7-8,16H,5-6,9-14H2,1H3,(H,26,27)(H2,22,23,28). The lowest BCUT2D eigenvalue weighted by atomic mass is 9.96. The SMILES string of the molecule is Cn1nc2c(c1CNC(=O)NC(CCC(=O)O)Cc1ccccc1)CCCC2. The number of nitrogens with one attached hydrogen (secondary N) is 2. The number of carboxylic acid groups (broad SMARTS) is 1. The monoisotopic (exact) mass is 384 g/mol. The second-order valence-electron chi connectivity index (χ2n) is 7.35. The Morgan fingerprint density at radius 3 is 2.71 bits per heavy atom. The number of hydrogen-bond donors (Lipinski definition) is 3. The topological polar surface area (TPSA) is 96.3 Å². The summed E-state index contributed by atoms with van der Waals surface area (Å²) in [5.41, 5.74) is 4.53. The van der Waals surface area contributed by atoms with Crippen LogP contribution in [0.1, 0.15) is 48.2 Å². The Hall–Kier alpha value is -2.83. The summed E-state index contributed by atoms with van der Waals surface area (Å²) >= 11 is 0. The van der Waals surface area contributed by atoms with E-state index in [-0.39, 0.29) is 18.5 Å². The van der Waals surface area contributed by atoms with Crippen LogP contribution in [0, 0.1) is 0 Å². The van der Waals surface area contributed by atoms with E-state index in [1.165, 1.54) is 12.0 Å². The zero-order chi connectivity index (χ0) is 19.9. The van der Waals surface area contributed by atoms with Crippen LogP contribution in [-0.4, -0.2) is 32.9 Å². The van der Waals surface area contributed by atoms with Crippen LogP contribution < -0.4 is 10.6 Å². The first-order valence-electron chi connectivity index (χ1n) is 9.86. The summed E-state index contributed by atoms with van der Waals surface area (Å²) in [6.45, 7) is 0.418. The molecule has 3 rings (SSSR count). The molecule has 2 aromatic rings. The molecule has 1 aromatic heterocycles. The summed E-state index contributed by atoms with van der Waals surface area (Å²) in [6, 6.07) is 9.26. The molecule has 0 saturated heterocycles. The van der Waals surface area contributed by atoms with E-state index in [1.54, 1.807) is 0 Å². The van der Waals surface area contributed by atoms with Gasteiger partial charge >= 0.3 is 12.0 Å². The minimum absolute atomic E-state index is 0.0209. The predicted molar refractivity (Wildman–Crippen MR) is 106 cm³/mol. The highest BCUT2D eigenvalue weighted by atomic mass is 16.4. The van der Waals surface area contributed by atoms with Crippen molar-refractivity contribution in [3.63, 3.8) is 0 Å². The molecule has 150 valence electrons. The fraction of sp³-hybridized carbons (Fsp3) is 0.476. The molecule has 1 aliphatic carbocycles. The van der Waals surface area contributed by atoms with E-state index in [4.69, 9.17) is 5.11 Å². The molecule has 0 aliphatic heterocycles. The van der Waals surface area contributed by atoms with Crippen LogP contribution in [0.4, 0.5) is 4.79 Å². The smallest absolute Gasteiger partial charge is 0.315 e. The Morgan fingerprint density at radius 1 is 1.21 bits per heavy atom. The number of carbonyl (C=O) groups is 2. The van der Waals surface area contributed by atoms with Gasteiger partial charge in [0.05, 0.1) is 17.9 Å². The number of amides is 2. The van der Waals surface area contributed by atoms with Crippen LogP contribution in [-0.2, 0) is 37.6 Å². The molecule has 0 bridgehead atoms. The molecule has 7 heteroatoms. The van der Waals surface area contributed by atoms with Crippen molar-refractivity contribution >= 4 is 12.0 Å². The van der Waals surface area contributed by atoms with Crippen LogP contribution in [0.3, 0.4) is 0 Å². The molecule has 7 nitrogen and oxygen atoms in total. The van der Waals surface area contributed by atoms with Crippen LogP contribution >= 0.6 is 0 Å². The Morgan fingerprint density at radius 2 is 1.96 bits per heavy atom. The lowest BCUT2D eigenvalue weighted by molar-refractivity contribution is -0.137. The van der Waals surface area contributed by atoms with Crippen molar-refractivity contribution in [2.75, 3.05) is 0 Å². The van der Waals surface area contributed by atoms with Crippen molar-refractivity contribution in [1.82, 2.24) is 20.4 Å². The van der Waals surface area contributed by atoms with Crippen LogP contribution in [0.5, 0.6) is 0 Å². The quantitative estimate of drug-likeness (QED) is 0.652. The van der Waals surface area contributed by atoms with Crippen molar-refractivity contribution in [2.24, 2.45) is 7.05 Å². The molecule has 3 N–H and O–H groups in total. The van der Waals surface area contributed by atoms with E-state index in [1.807, 2.05) is 42.1 Å². The normalized spacial score (nSPS) is 14.2. The van der Waals surface area contributed by atoms with Crippen molar-refractivity contribution < 1.29 is 14.7 Å².